The van der Waals surface area contributed by atoms with Crippen LogP contribution in [0, 0.1) is 6.92 Å². The molecule has 0 saturated heterocycles. The van der Waals surface area contributed by atoms with Gasteiger partial charge in [-0.1, -0.05) is 34.5 Å². The molecule has 3 N–H and O–H groups in total. The Hall–Kier alpha value is -2.53. The first-order chi connectivity index (χ1) is 10.1. The maximum atomic E-state index is 9.94. The smallest absolute Gasteiger partial charge is 0.156 e. The molecule has 0 spiro atoms. The number of nitrogens with zero attached hydrogens (tertiary/aromatic N) is 3. The molecule has 0 aliphatic rings. The van der Waals surface area contributed by atoms with Crippen LogP contribution in [0.3, 0.4) is 0 Å². The van der Waals surface area contributed by atoms with E-state index in [2.05, 4.69) is 10.3 Å². The van der Waals surface area contributed by atoms with Crippen molar-refractivity contribution in [3.8, 4) is 22.7 Å². The molecule has 0 saturated carbocycles. The van der Waals surface area contributed by atoms with Crippen LogP contribution in [0.25, 0.3) is 16.9 Å². The highest BCUT2D eigenvalue weighted by Crippen LogP contribution is 2.34. The number of benzene rings is 2. The number of hydrogen-bond donors (Lipinski definition) is 2. The largest absolute Gasteiger partial charge is 0.507 e. The molecular weight excluding hydrogens is 288 g/mol. The number of nitrogen functional groups attached to an aromatic ring is 1. The molecule has 1 heterocycles. The summed E-state index contributed by atoms with van der Waals surface area (Å²) in [6.45, 7) is 2.00. The Morgan fingerprint density at radius 2 is 1.86 bits per heavy atom. The Kier molecular flexibility index (Phi) is 3.27. The molecule has 6 heteroatoms. The van der Waals surface area contributed by atoms with Crippen LogP contribution in [0.1, 0.15) is 5.56 Å². The molecule has 0 aliphatic carbocycles. The molecule has 2 aromatic carbocycles. The van der Waals surface area contributed by atoms with E-state index in [1.54, 1.807) is 12.1 Å². The molecule has 1 aromatic heterocycles. The van der Waals surface area contributed by atoms with E-state index in [1.165, 1.54) is 10.7 Å². The van der Waals surface area contributed by atoms with Gasteiger partial charge in [0.15, 0.2) is 5.82 Å². The van der Waals surface area contributed by atoms with Gasteiger partial charge in [-0.05, 0) is 37.3 Å². The normalized spacial score (nSPS) is 10.8. The second kappa shape index (κ2) is 5.10. The molecule has 3 aromatic rings. The van der Waals surface area contributed by atoms with Crippen LogP contribution in [-0.2, 0) is 0 Å². The minimum absolute atomic E-state index is 0.0575. The molecule has 0 unspecified atom stereocenters. The predicted molar refractivity (Wildman–Crippen MR) is 82.6 cm³/mol. The number of nitrogens with two attached hydrogens (primary N) is 1. The van der Waals surface area contributed by atoms with Crippen molar-refractivity contribution in [3.05, 3.63) is 53.1 Å². The second-order valence-corrected chi connectivity index (χ2v) is 5.17. The molecule has 0 radical (unpaired) electrons. The highest BCUT2D eigenvalue weighted by Gasteiger charge is 2.16. The molecule has 21 heavy (non-hydrogen) atoms. The summed E-state index contributed by atoms with van der Waals surface area (Å²) >= 11 is 5.95. The molecular formula is C15H13ClN4O. The van der Waals surface area contributed by atoms with Crippen molar-refractivity contribution in [1.29, 1.82) is 0 Å². The first-order valence-electron chi connectivity index (χ1n) is 6.33. The molecule has 5 nitrogen and oxygen atoms in total. The summed E-state index contributed by atoms with van der Waals surface area (Å²) < 4.78 is 1.52. The van der Waals surface area contributed by atoms with Gasteiger partial charge in [0.05, 0.1) is 5.69 Å². The van der Waals surface area contributed by atoms with E-state index >= 15 is 0 Å². The Labute approximate surface area is 126 Å². The third-order valence-corrected chi connectivity index (χ3v) is 3.43. The quantitative estimate of drug-likeness (QED) is 0.762. The molecule has 0 atom stereocenters. The summed E-state index contributed by atoms with van der Waals surface area (Å²) in [7, 11) is 0. The van der Waals surface area contributed by atoms with Gasteiger partial charge in [-0.2, -0.15) is 4.68 Å². The SMILES string of the molecule is Cc1ccc(-n2nnc(-c3cc(Cl)ccc3O)c2N)cc1. The number of aromatic nitrogens is 3. The topological polar surface area (TPSA) is 77.0 Å². The summed E-state index contributed by atoms with van der Waals surface area (Å²) in [6, 6.07) is 12.4. The van der Waals surface area contributed by atoms with Crippen LogP contribution in [0.4, 0.5) is 5.82 Å². The number of aryl methyl sites for hydroxylation is 1. The zero-order chi connectivity index (χ0) is 15.0. The Morgan fingerprint density at radius 3 is 2.57 bits per heavy atom. The average molecular weight is 301 g/mol. The molecule has 0 amide bonds. The van der Waals surface area contributed by atoms with Crippen LogP contribution in [-0.4, -0.2) is 20.1 Å². The number of aromatic hydroxyl groups is 1. The summed E-state index contributed by atoms with van der Waals surface area (Å²) in [4.78, 5) is 0. The van der Waals surface area contributed by atoms with E-state index in [1.807, 2.05) is 31.2 Å². The van der Waals surface area contributed by atoms with Gasteiger partial charge in [0.2, 0.25) is 0 Å². The van der Waals surface area contributed by atoms with E-state index in [4.69, 9.17) is 17.3 Å². The Morgan fingerprint density at radius 1 is 1.14 bits per heavy atom. The van der Waals surface area contributed by atoms with Crippen LogP contribution in [0.2, 0.25) is 5.02 Å². The van der Waals surface area contributed by atoms with Crippen LogP contribution in [0.5, 0.6) is 5.75 Å². The van der Waals surface area contributed by atoms with Gasteiger partial charge in [-0.3, -0.25) is 0 Å². The zero-order valence-corrected chi connectivity index (χ0v) is 12.0. The van der Waals surface area contributed by atoms with Crippen molar-refractivity contribution in [2.24, 2.45) is 0 Å². The summed E-state index contributed by atoms with van der Waals surface area (Å²) in [5, 5.41) is 18.5. The Bertz CT molecular complexity index is 796. The van der Waals surface area contributed by atoms with Crippen molar-refractivity contribution in [3.63, 3.8) is 0 Å². The van der Waals surface area contributed by atoms with Crippen molar-refractivity contribution < 1.29 is 5.11 Å². The predicted octanol–water partition coefficient (Wildman–Crippen LogP) is 3.18. The lowest BCUT2D eigenvalue weighted by Crippen LogP contribution is -2.02. The van der Waals surface area contributed by atoms with Crippen LogP contribution in [0.15, 0.2) is 42.5 Å². The fourth-order valence-electron chi connectivity index (χ4n) is 2.06. The molecule has 0 fully saturated rings. The fourth-order valence-corrected chi connectivity index (χ4v) is 2.23. The van der Waals surface area contributed by atoms with Gasteiger partial charge in [0.25, 0.3) is 0 Å². The first kappa shape index (κ1) is 13.5. The van der Waals surface area contributed by atoms with E-state index in [9.17, 15) is 5.11 Å². The van der Waals surface area contributed by atoms with Gasteiger partial charge in [0, 0.05) is 10.6 Å². The zero-order valence-electron chi connectivity index (χ0n) is 11.3. The first-order valence-corrected chi connectivity index (χ1v) is 6.71. The summed E-state index contributed by atoms with van der Waals surface area (Å²) in [5.74, 6) is 0.401. The number of hydrogen-bond acceptors (Lipinski definition) is 4. The lowest BCUT2D eigenvalue weighted by molar-refractivity contribution is 0.477. The number of phenols is 1. The molecule has 0 aliphatic heterocycles. The van der Waals surface area contributed by atoms with Crippen molar-refractivity contribution in [2.45, 2.75) is 6.92 Å². The highest BCUT2D eigenvalue weighted by molar-refractivity contribution is 6.31. The lowest BCUT2D eigenvalue weighted by atomic mass is 10.1. The van der Waals surface area contributed by atoms with Gasteiger partial charge in [-0.15, -0.1) is 5.10 Å². The standard InChI is InChI=1S/C15H13ClN4O/c1-9-2-5-11(6-3-9)20-15(17)14(18-19-20)12-8-10(16)4-7-13(12)21/h2-8,21H,17H2,1H3. The number of anilines is 1. The summed E-state index contributed by atoms with van der Waals surface area (Å²) in [6.07, 6.45) is 0. The third-order valence-electron chi connectivity index (χ3n) is 3.20. The second-order valence-electron chi connectivity index (χ2n) is 4.73. The molecule has 3 rings (SSSR count). The summed E-state index contributed by atoms with van der Waals surface area (Å²) in [5.41, 5.74) is 8.91. The maximum Gasteiger partial charge on any atom is 0.156 e. The minimum atomic E-state index is 0.0575. The van der Waals surface area contributed by atoms with Crippen molar-refractivity contribution in [2.75, 3.05) is 5.73 Å². The van der Waals surface area contributed by atoms with Gasteiger partial charge < -0.3 is 10.8 Å². The number of phenolic OH excluding ortho intramolecular Hbond substituents is 1. The van der Waals surface area contributed by atoms with Crippen molar-refractivity contribution >= 4 is 17.4 Å². The number of halogens is 1. The lowest BCUT2D eigenvalue weighted by Gasteiger charge is -2.05. The van der Waals surface area contributed by atoms with E-state index in [0.29, 0.717) is 22.1 Å². The monoisotopic (exact) mass is 300 g/mol. The maximum absolute atomic E-state index is 9.94. The third kappa shape index (κ3) is 2.43. The van der Waals surface area contributed by atoms with E-state index in [0.717, 1.165) is 11.3 Å². The van der Waals surface area contributed by atoms with Gasteiger partial charge >= 0.3 is 0 Å². The van der Waals surface area contributed by atoms with Crippen molar-refractivity contribution in [1.82, 2.24) is 15.0 Å². The average Bonchev–Trinajstić information content (AvgIpc) is 2.84. The van der Waals surface area contributed by atoms with Crippen LogP contribution < -0.4 is 5.73 Å². The fraction of sp³-hybridized carbons (Fsp3) is 0.0667. The van der Waals surface area contributed by atoms with Gasteiger partial charge in [0.1, 0.15) is 11.4 Å². The van der Waals surface area contributed by atoms with Gasteiger partial charge in [-0.25, -0.2) is 0 Å². The van der Waals surface area contributed by atoms with E-state index in [-0.39, 0.29) is 5.75 Å². The van der Waals surface area contributed by atoms with E-state index < -0.39 is 0 Å². The Balaban J connectivity index is 2.11. The van der Waals surface area contributed by atoms with Crippen LogP contribution >= 0.6 is 11.6 Å². The molecule has 106 valence electrons. The number of rotatable bonds is 2. The minimum Gasteiger partial charge on any atom is -0.507 e. The highest BCUT2D eigenvalue weighted by atomic mass is 35.5. The molecule has 0 bridgehead atoms.